The number of aliphatic carboxylic acids is 1. The van der Waals surface area contributed by atoms with E-state index in [2.05, 4.69) is 9.97 Å². The molecule has 16 heavy (non-hydrogen) atoms. The number of carbonyl (C=O) groups is 1. The van der Waals surface area contributed by atoms with Gasteiger partial charge in [-0.3, -0.25) is 4.79 Å². The van der Waals surface area contributed by atoms with Crippen molar-refractivity contribution in [1.82, 2.24) is 9.97 Å². The number of hydrogen-bond acceptors (Lipinski definition) is 4. The molecule has 1 aromatic rings. The summed E-state index contributed by atoms with van der Waals surface area (Å²) in [6.45, 7) is 3.17. The van der Waals surface area contributed by atoms with Gasteiger partial charge < -0.3 is 10.0 Å². The van der Waals surface area contributed by atoms with Crippen molar-refractivity contribution < 1.29 is 9.90 Å². The number of nitrogens with zero attached hydrogens (tertiary/aromatic N) is 3. The largest absolute Gasteiger partial charge is 0.481 e. The highest BCUT2D eigenvalue weighted by molar-refractivity contribution is 5.75. The molecular weight excluding hydrogens is 206 g/mol. The quantitative estimate of drug-likeness (QED) is 0.812. The molecule has 0 radical (unpaired) electrons. The van der Waals surface area contributed by atoms with Gasteiger partial charge in [0.15, 0.2) is 0 Å². The molecule has 0 spiro atoms. The van der Waals surface area contributed by atoms with Gasteiger partial charge in [-0.2, -0.15) is 0 Å². The average molecular weight is 221 g/mol. The minimum absolute atomic E-state index is 0.513. The van der Waals surface area contributed by atoms with Gasteiger partial charge >= 0.3 is 5.97 Å². The molecule has 1 aliphatic heterocycles. The molecule has 5 heteroatoms. The van der Waals surface area contributed by atoms with Crippen molar-refractivity contribution in [2.45, 2.75) is 19.8 Å². The molecule has 86 valence electrons. The lowest BCUT2D eigenvalue weighted by Gasteiger charge is -2.38. The maximum absolute atomic E-state index is 11.2. The van der Waals surface area contributed by atoms with Crippen molar-refractivity contribution in [3.63, 3.8) is 0 Å². The summed E-state index contributed by atoms with van der Waals surface area (Å²) in [7, 11) is 0. The van der Waals surface area contributed by atoms with Crippen LogP contribution in [-0.2, 0) is 4.79 Å². The number of carboxylic acid groups (broad SMARTS) is 1. The van der Waals surface area contributed by atoms with E-state index in [-0.39, 0.29) is 0 Å². The molecule has 1 aliphatic rings. The number of anilines is 1. The van der Waals surface area contributed by atoms with Crippen LogP contribution in [0.25, 0.3) is 0 Å². The van der Waals surface area contributed by atoms with Crippen LogP contribution in [0.3, 0.4) is 0 Å². The van der Waals surface area contributed by atoms with Gasteiger partial charge in [0.1, 0.15) is 12.1 Å². The molecule has 1 unspecified atom stereocenters. The van der Waals surface area contributed by atoms with Crippen LogP contribution in [0.4, 0.5) is 5.82 Å². The molecule has 1 aromatic heterocycles. The zero-order chi connectivity index (χ0) is 11.6. The molecule has 0 aromatic carbocycles. The zero-order valence-electron chi connectivity index (χ0n) is 9.26. The van der Waals surface area contributed by atoms with Crippen molar-refractivity contribution in [1.29, 1.82) is 0 Å². The highest BCUT2D eigenvalue weighted by Crippen LogP contribution is 2.31. The molecule has 0 saturated carbocycles. The molecule has 0 bridgehead atoms. The fraction of sp³-hybridized carbons (Fsp3) is 0.545. The van der Waals surface area contributed by atoms with E-state index in [1.54, 1.807) is 13.1 Å². The van der Waals surface area contributed by atoms with E-state index < -0.39 is 11.4 Å². The summed E-state index contributed by atoms with van der Waals surface area (Å²) in [5.74, 6) is 0.0773. The summed E-state index contributed by atoms with van der Waals surface area (Å²) in [6.07, 6.45) is 4.77. The second kappa shape index (κ2) is 4.08. The number of rotatable bonds is 2. The Kier molecular flexibility index (Phi) is 2.77. The Bertz CT molecular complexity index is 382. The molecule has 1 N–H and O–H groups in total. The third-order valence-corrected chi connectivity index (χ3v) is 3.10. The minimum atomic E-state index is -0.730. The van der Waals surface area contributed by atoms with E-state index in [0.717, 1.165) is 25.2 Å². The van der Waals surface area contributed by atoms with Gasteiger partial charge in [-0.05, 0) is 25.8 Å². The monoisotopic (exact) mass is 221 g/mol. The van der Waals surface area contributed by atoms with E-state index in [9.17, 15) is 9.90 Å². The maximum atomic E-state index is 11.2. The topological polar surface area (TPSA) is 66.3 Å². The van der Waals surface area contributed by atoms with Gasteiger partial charge in [0.2, 0.25) is 0 Å². The Labute approximate surface area is 94.1 Å². The standard InChI is InChI=1S/C11H15N3O2/c1-11(10(15)16)4-2-6-14(7-11)9-3-5-12-8-13-9/h3,5,8H,2,4,6-7H2,1H3,(H,15,16). The molecule has 1 fully saturated rings. The lowest BCUT2D eigenvalue weighted by molar-refractivity contribution is -0.148. The SMILES string of the molecule is CC1(C(=O)O)CCCN(c2ccncn2)C1. The second-order valence-electron chi connectivity index (χ2n) is 4.46. The first kappa shape index (κ1) is 10.9. The van der Waals surface area contributed by atoms with Crippen molar-refractivity contribution in [3.05, 3.63) is 18.6 Å². The van der Waals surface area contributed by atoms with Gasteiger partial charge in [-0.1, -0.05) is 0 Å². The van der Waals surface area contributed by atoms with Gasteiger partial charge in [-0.25, -0.2) is 9.97 Å². The third kappa shape index (κ3) is 1.98. The average Bonchev–Trinajstić information content (AvgIpc) is 2.30. The molecular formula is C11H15N3O2. The molecule has 5 nitrogen and oxygen atoms in total. The summed E-state index contributed by atoms with van der Waals surface area (Å²) in [5.41, 5.74) is -0.663. The predicted octanol–water partition coefficient (Wildman–Crippen LogP) is 1.17. The molecule has 2 heterocycles. The molecule has 1 saturated heterocycles. The number of piperidine rings is 1. The Hall–Kier alpha value is -1.65. The van der Waals surface area contributed by atoms with E-state index in [1.165, 1.54) is 6.33 Å². The van der Waals surface area contributed by atoms with Crippen molar-refractivity contribution in [3.8, 4) is 0 Å². The Morgan fingerprint density at radius 3 is 3.06 bits per heavy atom. The maximum Gasteiger partial charge on any atom is 0.311 e. The lowest BCUT2D eigenvalue weighted by Crippen LogP contribution is -2.46. The smallest absolute Gasteiger partial charge is 0.311 e. The number of carboxylic acids is 1. The fourth-order valence-electron chi connectivity index (χ4n) is 2.08. The Morgan fingerprint density at radius 2 is 2.44 bits per heavy atom. The fourth-order valence-corrected chi connectivity index (χ4v) is 2.08. The van der Waals surface area contributed by atoms with E-state index in [4.69, 9.17) is 0 Å². The summed E-state index contributed by atoms with van der Waals surface area (Å²) < 4.78 is 0. The number of hydrogen-bond donors (Lipinski definition) is 1. The van der Waals surface area contributed by atoms with Crippen LogP contribution < -0.4 is 4.90 Å². The normalized spacial score (nSPS) is 25.4. The van der Waals surface area contributed by atoms with Gasteiger partial charge in [0.25, 0.3) is 0 Å². The van der Waals surface area contributed by atoms with Gasteiger partial charge in [0.05, 0.1) is 5.41 Å². The summed E-state index contributed by atoms with van der Waals surface area (Å²) in [5, 5.41) is 9.20. The summed E-state index contributed by atoms with van der Waals surface area (Å²) in [4.78, 5) is 21.2. The highest BCUT2D eigenvalue weighted by Gasteiger charge is 2.38. The second-order valence-corrected chi connectivity index (χ2v) is 4.46. The third-order valence-electron chi connectivity index (χ3n) is 3.10. The van der Waals surface area contributed by atoms with E-state index in [1.807, 2.05) is 11.0 Å². The van der Waals surface area contributed by atoms with Gasteiger partial charge in [-0.15, -0.1) is 0 Å². The first-order chi connectivity index (χ1) is 7.62. The van der Waals surface area contributed by atoms with Crippen molar-refractivity contribution in [2.24, 2.45) is 5.41 Å². The van der Waals surface area contributed by atoms with Crippen LogP contribution in [0.2, 0.25) is 0 Å². The number of aromatic nitrogens is 2. The van der Waals surface area contributed by atoms with Crippen LogP contribution in [-0.4, -0.2) is 34.1 Å². The Balaban J connectivity index is 2.17. The summed E-state index contributed by atoms with van der Waals surface area (Å²) in [6, 6.07) is 1.81. The molecule has 0 amide bonds. The van der Waals surface area contributed by atoms with Gasteiger partial charge in [0, 0.05) is 19.3 Å². The van der Waals surface area contributed by atoms with Crippen LogP contribution in [0, 0.1) is 5.41 Å². The zero-order valence-corrected chi connectivity index (χ0v) is 9.26. The van der Waals surface area contributed by atoms with Crippen LogP contribution in [0.1, 0.15) is 19.8 Å². The molecule has 1 atom stereocenters. The highest BCUT2D eigenvalue weighted by atomic mass is 16.4. The summed E-state index contributed by atoms with van der Waals surface area (Å²) >= 11 is 0. The lowest BCUT2D eigenvalue weighted by atomic mass is 9.82. The first-order valence-electron chi connectivity index (χ1n) is 5.36. The van der Waals surface area contributed by atoms with Crippen LogP contribution in [0.15, 0.2) is 18.6 Å². The van der Waals surface area contributed by atoms with E-state index >= 15 is 0 Å². The van der Waals surface area contributed by atoms with Crippen LogP contribution >= 0.6 is 0 Å². The van der Waals surface area contributed by atoms with Crippen molar-refractivity contribution >= 4 is 11.8 Å². The van der Waals surface area contributed by atoms with Crippen molar-refractivity contribution in [2.75, 3.05) is 18.0 Å². The van der Waals surface area contributed by atoms with E-state index in [0.29, 0.717) is 6.54 Å². The first-order valence-corrected chi connectivity index (χ1v) is 5.36. The van der Waals surface area contributed by atoms with Crippen LogP contribution in [0.5, 0.6) is 0 Å². The molecule has 2 rings (SSSR count). The molecule has 0 aliphatic carbocycles. The Morgan fingerprint density at radius 1 is 1.62 bits per heavy atom. The predicted molar refractivity (Wildman–Crippen MR) is 59.2 cm³/mol. The minimum Gasteiger partial charge on any atom is -0.481 e.